The molecule has 0 aliphatic carbocycles. The zero-order valence-electron chi connectivity index (χ0n) is 21.9. The van der Waals surface area contributed by atoms with Crippen LogP contribution in [-0.4, -0.2) is 44.4 Å². The molecule has 1 aromatic carbocycles. The van der Waals surface area contributed by atoms with Crippen LogP contribution in [0.4, 0.5) is 0 Å². The van der Waals surface area contributed by atoms with Gasteiger partial charge in [0.05, 0.1) is 5.92 Å². The lowest BCUT2D eigenvalue weighted by Crippen LogP contribution is -2.52. The molecule has 38 heavy (non-hydrogen) atoms. The number of aryl methyl sites for hydroxylation is 1. The fourth-order valence-corrected chi connectivity index (χ4v) is 6.84. The van der Waals surface area contributed by atoms with Crippen molar-refractivity contribution in [2.75, 3.05) is 12.9 Å². The molecule has 1 aliphatic heterocycles. The topological polar surface area (TPSA) is 150 Å². The van der Waals surface area contributed by atoms with Crippen molar-refractivity contribution in [3.8, 4) is 0 Å². The number of hydrogen-bond donors (Lipinski definition) is 3. The van der Waals surface area contributed by atoms with Crippen LogP contribution in [0.25, 0.3) is 6.08 Å². The second kappa shape index (κ2) is 13.4. The average Bonchev–Trinajstić information content (AvgIpc) is 3.41. The number of carbonyl (C=O) groups excluding carboxylic acids is 2. The minimum Gasteiger partial charge on any atom is -0.350 e. The van der Waals surface area contributed by atoms with Gasteiger partial charge in [0.15, 0.2) is 20.9 Å². The van der Waals surface area contributed by atoms with E-state index in [1.54, 1.807) is 43.5 Å². The van der Waals surface area contributed by atoms with E-state index in [-0.39, 0.29) is 18.4 Å². The Morgan fingerprint density at radius 2 is 2.16 bits per heavy atom. The number of carbonyl (C=O) groups is 2. The molecule has 3 rings (SSSR count). The van der Waals surface area contributed by atoms with Gasteiger partial charge >= 0.3 is 0 Å². The number of rotatable bonds is 12. The number of hydrogen-bond acceptors (Lipinski definition) is 9. The van der Waals surface area contributed by atoms with Gasteiger partial charge in [-0.3, -0.25) is 15.0 Å². The number of aromatic nitrogens is 1. The molecule has 0 saturated carbocycles. The van der Waals surface area contributed by atoms with E-state index in [0.29, 0.717) is 25.0 Å². The molecule has 2 amide bonds. The number of hydrazine groups is 1. The molecule has 4 N–H and O–H groups in total. The smallest absolute Gasteiger partial charge is 0.259 e. The van der Waals surface area contributed by atoms with Crippen LogP contribution in [-0.2, 0) is 33.7 Å². The van der Waals surface area contributed by atoms with Crippen molar-refractivity contribution in [1.29, 1.82) is 0 Å². The summed E-state index contributed by atoms with van der Waals surface area (Å²) in [7, 11) is -4.03. The number of benzene rings is 1. The van der Waals surface area contributed by atoms with E-state index >= 15 is 0 Å². The van der Waals surface area contributed by atoms with Gasteiger partial charge in [0.25, 0.3) is 11.8 Å². The Kier molecular flexibility index (Phi) is 10.6. The molecular formula is C26H36N4O6S2. The molecule has 1 unspecified atom stereocenters. The number of sulfone groups is 1. The first kappa shape index (κ1) is 29.9. The summed E-state index contributed by atoms with van der Waals surface area (Å²) in [5.74, 6) is 3.29. The third-order valence-electron chi connectivity index (χ3n) is 6.58. The third kappa shape index (κ3) is 6.86. The van der Waals surface area contributed by atoms with E-state index in [9.17, 15) is 18.0 Å². The zero-order valence-corrected chi connectivity index (χ0v) is 23.6. The molecule has 1 aromatic heterocycles. The number of ether oxygens (including phenoxy) is 1. The number of thiazole rings is 1. The van der Waals surface area contributed by atoms with Crippen molar-refractivity contribution in [2.24, 2.45) is 5.84 Å². The molecule has 0 bridgehead atoms. The first-order chi connectivity index (χ1) is 18.1. The zero-order chi connectivity index (χ0) is 27.8. The highest BCUT2D eigenvalue weighted by Crippen LogP contribution is 2.41. The van der Waals surface area contributed by atoms with E-state index < -0.39 is 38.6 Å². The molecule has 2 aromatic rings. The fourth-order valence-electron chi connectivity index (χ4n) is 4.73. The molecule has 208 valence electrons. The van der Waals surface area contributed by atoms with Gasteiger partial charge in [0, 0.05) is 30.9 Å². The second-order valence-electron chi connectivity index (χ2n) is 9.35. The summed E-state index contributed by atoms with van der Waals surface area (Å²) < 4.78 is 30.2. The van der Waals surface area contributed by atoms with Crippen LogP contribution in [0.2, 0.25) is 0 Å². The van der Waals surface area contributed by atoms with Crippen molar-refractivity contribution >= 4 is 39.1 Å². The molecule has 0 spiro atoms. The number of hydroxylamine groups is 1. The highest BCUT2D eigenvalue weighted by molar-refractivity contribution is 7.92. The van der Waals surface area contributed by atoms with E-state index in [4.69, 9.17) is 15.4 Å². The molecule has 3 atom stereocenters. The summed E-state index contributed by atoms with van der Waals surface area (Å²) in [6, 6.07) is 5.07. The van der Waals surface area contributed by atoms with Crippen molar-refractivity contribution in [3.63, 3.8) is 0 Å². The summed E-state index contributed by atoms with van der Waals surface area (Å²) in [4.78, 5) is 36.6. The van der Waals surface area contributed by atoms with Crippen LogP contribution >= 0.6 is 11.3 Å². The second-order valence-corrected chi connectivity index (χ2v) is 12.5. The van der Waals surface area contributed by atoms with Gasteiger partial charge < -0.3 is 4.74 Å². The molecule has 0 radical (unpaired) electrons. The van der Waals surface area contributed by atoms with Gasteiger partial charge in [-0.15, -0.1) is 11.3 Å². The van der Waals surface area contributed by atoms with E-state index in [1.165, 1.54) is 11.3 Å². The molecule has 10 nitrogen and oxygen atoms in total. The lowest BCUT2D eigenvalue weighted by atomic mass is 9.81. The van der Waals surface area contributed by atoms with Gasteiger partial charge in [-0.05, 0) is 49.8 Å². The number of allylic oxidation sites excluding steroid dienone is 1. The summed E-state index contributed by atoms with van der Waals surface area (Å²) in [5.41, 5.74) is 6.00. The van der Waals surface area contributed by atoms with Crippen LogP contribution in [0.5, 0.6) is 0 Å². The van der Waals surface area contributed by atoms with Gasteiger partial charge in [0.2, 0.25) is 0 Å². The first-order valence-corrected chi connectivity index (χ1v) is 15.4. The van der Waals surface area contributed by atoms with E-state index in [1.807, 2.05) is 12.3 Å². The summed E-state index contributed by atoms with van der Waals surface area (Å²) in [6.45, 7) is 4.17. The standard InChI is InChI=1S/C26H36N4O6S2/c1-4-13-26(25(32)29-27,38(3,33)34)21-12-11-18(2)17-20(21)19(8-7-9-22-28-14-16-37-22)24(31)30-36-23-10-5-6-15-35-23/h7,9,11-12,14,16-17,19,23H,4-6,8,10,13,15,27H2,1-3H3,(H,29,32)(H,30,31)/b9-7+/t19-,23?,26+/m0/s1. The molecule has 1 fully saturated rings. The van der Waals surface area contributed by atoms with Crippen LogP contribution < -0.4 is 16.7 Å². The van der Waals surface area contributed by atoms with E-state index in [0.717, 1.165) is 29.7 Å². The maximum Gasteiger partial charge on any atom is 0.259 e. The Balaban J connectivity index is 2.10. The highest BCUT2D eigenvalue weighted by atomic mass is 32.2. The molecule has 2 heterocycles. The summed E-state index contributed by atoms with van der Waals surface area (Å²) >= 11 is 1.45. The minimum atomic E-state index is -4.03. The predicted molar refractivity (Wildman–Crippen MR) is 146 cm³/mol. The van der Waals surface area contributed by atoms with Crippen molar-refractivity contribution < 1.29 is 27.6 Å². The number of nitrogens with two attached hydrogens (primary N) is 1. The fraction of sp³-hybridized carbons (Fsp3) is 0.500. The molecule has 1 aliphatic rings. The predicted octanol–water partition coefficient (Wildman–Crippen LogP) is 3.24. The van der Waals surface area contributed by atoms with Crippen LogP contribution in [0.1, 0.15) is 73.1 Å². The quantitative estimate of drug-likeness (QED) is 0.202. The van der Waals surface area contributed by atoms with Crippen LogP contribution in [0.3, 0.4) is 0 Å². The van der Waals surface area contributed by atoms with E-state index in [2.05, 4.69) is 15.9 Å². The van der Waals surface area contributed by atoms with Crippen molar-refractivity contribution in [1.82, 2.24) is 15.9 Å². The monoisotopic (exact) mass is 564 g/mol. The number of nitrogens with one attached hydrogen (secondary N) is 2. The minimum absolute atomic E-state index is 0.0133. The Morgan fingerprint density at radius 1 is 1.37 bits per heavy atom. The molecule has 1 saturated heterocycles. The Labute approximate surface area is 227 Å². The summed E-state index contributed by atoms with van der Waals surface area (Å²) in [6.07, 6.45) is 8.81. The number of amides is 2. The third-order valence-corrected chi connectivity index (χ3v) is 9.20. The van der Waals surface area contributed by atoms with Crippen molar-refractivity contribution in [2.45, 2.75) is 69.3 Å². The highest BCUT2D eigenvalue weighted by Gasteiger charge is 2.50. The SMILES string of the molecule is CCC[C@](C(=O)NN)(c1ccc(C)cc1[C@H](C/C=C/c1nccs1)C(=O)NOC1CCCCO1)S(C)(=O)=O. The van der Waals surface area contributed by atoms with Gasteiger partial charge in [-0.1, -0.05) is 43.2 Å². The Morgan fingerprint density at radius 3 is 2.76 bits per heavy atom. The lowest BCUT2D eigenvalue weighted by molar-refractivity contribution is -0.201. The number of nitrogens with zero attached hydrogens (tertiary/aromatic N) is 1. The first-order valence-electron chi connectivity index (χ1n) is 12.6. The van der Waals surface area contributed by atoms with Crippen LogP contribution in [0, 0.1) is 6.92 Å². The largest absolute Gasteiger partial charge is 0.350 e. The van der Waals surface area contributed by atoms with Gasteiger partial charge in [-0.2, -0.15) is 0 Å². The maximum absolute atomic E-state index is 13.6. The maximum atomic E-state index is 13.6. The molecular weight excluding hydrogens is 528 g/mol. The van der Waals surface area contributed by atoms with Crippen LogP contribution in [0.15, 0.2) is 35.9 Å². The Hall–Kier alpha value is -2.64. The molecule has 12 heteroatoms. The Bertz CT molecular complexity index is 1230. The average molecular weight is 565 g/mol. The summed E-state index contributed by atoms with van der Waals surface area (Å²) in [5, 5.41) is 2.61. The van der Waals surface area contributed by atoms with Gasteiger partial charge in [0.1, 0.15) is 5.01 Å². The van der Waals surface area contributed by atoms with Crippen molar-refractivity contribution in [3.05, 3.63) is 57.6 Å². The normalized spacial score (nSPS) is 18.6. The van der Waals surface area contributed by atoms with Gasteiger partial charge in [-0.25, -0.2) is 29.6 Å². The lowest BCUT2D eigenvalue weighted by Gasteiger charge is -2.34.